The molecule has 1 aliphatic heterocycles. The molecule has 1 heterocycles. The number of anilines is 1. The Morgan fingerprint density at radius 1 is 1.03 bits per heavy atom. The number of carbonyl (C=O) groups excluding carboxylic acids is 2. The normalized spacial score (nSPS) is 15.9. The molecule has 0 bridgehead atoms. The van der Waals surface area contributed by atoms with Gasteiger partial charge in [-0.15, -0.1) is 0 Å². The van der Waals surface area contributed by atoms with Gasteiger partial charge in [0.15, 0.2) is 0 Å². The molecule has 38 heavy (non-hydrogen) atoms. The van der Waals surface area contributed by atoms with E-state index in [-0.39, 0.29) is 40.7 Å². The van der Waals surface area contributed by atoms with Crippen molar-refractivity contribution in [2.24, 2.45) is 0 Å². The first-order chi connectivity index (χ1) is 17.4. The van der Waals surface area contributed by atoms with E-state index in [4.69, 9.17) is 13.9 Å². The summed E-state index contributed by atoms with van der Waals surface area (Å²) in [5.41, 5.74) is -0.337. The highest BCUT2D eigenvalue weighted by Crippen LogP contribution is 2.48. The van der Waals surface area contributed by atoms with Crippen LogP contribution >= 0.6 is 0 Å². The zero-order valence-electron chi connectivity index (χ0n) is 22.9. The van der Waals surface area contributed by atoms with Crippen LogP contribution in [0.5, 0.6) is 0 Å². The third-order valence-electron chi connectivity index (χ3n) is 6.61. The zero-order chi connectivity index (χ0) is 28.6. The monoisotopic (exact) mass is 549 g/mol. The third kappa shape index (κ3) is 6.23. The molecule has 10 heteroatoms. The van der Waals surface area contributed by atoms with Crippen molar-refractivity contribution in [3.05, 3.63) is 70.5 Å². The van der Waals surface area contributed by atoms with Gasteiger partial charge in [0, 0.05) is 22.8 Å². The van der Waals surface area contributed by atoms with Gasteiger partial charge >= 0.3 is 6.09 Å². The minimum absolute atomic E-state index is 0.0332. The molecule has 0 spiro atoms. The molecular weight excluding hydrogens is 515 g/mol. The maximum atomic E-state index is 15.2. The van der Waals surface area contributed by atoms with Crippen LogP contribution in [0, 0.1) is 17.5 Å². The third-order valence-corrected chi connectivity index (χ3v) is 10.9. The number of amides is 1. The second kappa shape index (κ2) is 10.5. The second-order valence-corrected chi connectivity index (χ2v) is 16.4. The van der Waals surface area contributed by atoms with Crippen molar-refractivity contribution in [3.8, 4) is 0 Å². The molecular formula is C28H34F3NO5Si. The summed E-state index contributed by atoms with van der Waals surface area (Å²) in [6, 6.07) is 4.19. The van der Waals surface area contributed by atoms with Crippen LogP contribution in [0.15, 0.2) is 36.4 Å². The summed E-state index contributed by atoms with van der Waals surface area (Å²) in [4.78, 5) is 25.7. The van der Waals surface area contributed by atoms with E-state index in [0.717, 1.165) is 23.1 Å². The minimum atomic E-state index is -2.53. The smallest absolute Gasteiger partial charge is 0.415 e. The standard InChI is InChI=1S/C28H34F3NO5Si/c1-27(2,3)36-26(34)32-22(20-10-9-18(29)12-21(20)31)14-24(37-38(7,8)28(4,5)6)25-17(15-35-16-33)11-19(30)13-23(25)32/h9-14,16,22H,15H2,1-8H3. The van der Waals surface area contributed by atoms with Crippen molar-refractivity contribution in [2.45, 2.75) is 77.9 Å². The van der Waals surface area contributed by atoms with Crippen LogP contribution in [0.2, 0.25) is 18.1 Å². The Balaban J connectivity index is 2.36. The summed E-state index contributed by atoms with van der Waals surface area (Å²) in [5.74, 6) is -2.11. The first-order valence-electron chi connectivity index (χ1n) is 12.2. The molecule has 2 aromatic carbocycles. The van der Waals surface area contributed by atoms with Crippen molar-refractivity contribution >= 4 is 32.3 Å². The van der Waals surface area contributed by atoms with Crippen molar-refractivity contribution in [1.82, 2.24) is 0 Å². The Hall–Kier alpha value is -3.27. The van der Waals surface area contributed by atoms with E-state index in [0.29, 0.717) is 5.56 Å². The van der Waals surface area contributed by atoms with Crippen LogP contribution in [0.3, 0.4) is 0 Å². The van der Waals surface area contributed by atoms with Crippen molar-refractivity contribution in [1.29, 1.82) is 0 Å². The molecule has 1 aliphatic rings. The van der Waals surface area contributed by atoms with Gasteiger partial charge in [-0.05, 0) is 63.2 Å². The predicted octanol–water partition coefficient (Wildman–Crippen LogP) is 7.64. The lowest BCUT2D eigenvalue weighted by Crippen LogP contribution is -2.44. The molecule has 6 nitrogen and oxygen atoms in total. The molecule has 1 amide bonds. The lowest BCUT2D eigenvalue weighted by atomic mass is 9.93. The topological polar surface area (TPSA) is 65.1 Å². The molecule has 3 rings (SSSR count). The van der Waals surface area contributed by atoms with Gasteiger partial charge in [0.1, 0.15) is 35.4 Å². The Morgan fingerprint density at radius 3 is 2.24 bits per heavy atom. The molecule has 0 fully saturated rings. The van der Waals surface area contributed by atoms with Gasteiger partial charge < -0.3 is 13.9 Å². The van der Waals surface area contributed by atoms with Crippen molar-refractivity contribution in [2.75, 3.05) is 4.90 Å². The molecule has 0 saturated heterocycles. The maximum absolute atomic E-state index is 15.2. The fourth-order valence-electron chi connectivity index (χ4n) is 3.82. The molecule has 0 radical (unpaired) electrons. The molecule has 2 aromatic rings. The van der Waals surface area contributed by atoms with Gasteiger partial charge in [-0.3, -0.25) is 9.69 Å². The Morgan fingerprint density at radius 2 is 1.68 bits per heavy atom. The lowest BCUT2D eigenvalue weighted by molar-refractivity contribution is -0.129. The number of halogens is 3. The van der Waals surface area contributed by atoms with Crippen LogP contribution in [0.1, 0.15) is 64.3 Å². The van der Waals surface area contributed by atoms with E-state index in [1.165, 1.54) is 12.1 Å². The number of nitrogens with zero attached hydrogens (tertiary/aromatic N) is 1. The largest absolute Gasteiger partial charge is 0.543 e. The fraction of sp³-hybridized carbons (Fsp3) is 0.429. The van der Waals surface area contributed by atoms with Gasteiger partial charge in [-0.2, -0.15) is 0 Å². The minimum Gasteiger partial charge on any atom is -0.543 e. The average Bonchev–Trinajstić information content (AvgIpc) is 2.74. The second-order valence-electron chi connectivity index (χ2n) is 11.7. The molecule has 0 aromatic heterocycles. The summed E-state index contributed by atoms with van der Waals surface area (Å²) in [7, 11) is -2.53. The van der Waals surface area contributed by atoms with Crippen LogP contribution < -0.4 is 4.90 Å². The number of rotatable bonds is 6. The van der Waals surface area contributed by atoms with E-state index < -0.39 is 43.5 Å². The Kier molecular flexibility index (Phi) is 8.07. The zero-order valence-corrected chi connectivity index (χ0v) is 23.9. The summed E-state index contributed by atoms with van der Waals surface area (Å²) < 4.78 is 61.1. The number of ether oxygens (including phenoxy) is 2. The van der Waals surface area contributed by atoms with Crippen LogP contribution in [0.25, 0.3) is 5.76 Å². The Labute approximate surface area is 222 Å². The Bertz CT molecular complexity index is 1260. The predicted molar refractivity (Wildman–Crippen MR) is 141 cm³/mol. The summed E-state index contributed by atoms with van der Waals surface area (Å²) in [6.45, 7) is 15.1. The molecule has 0 N–H and O–H groups in total. The highest BCUT2D eigenvalue weighted by Gasteiger charge is 2.43. The summed E-state index contributed by atoms with van der Waals surface area (Å²) >= 11 is 0. The van der Waals surface area contributed by atoms with Crippen LogP contribution in [-0.2, 0) is 25.3 Å². The molecule has 1 unspecified atom stereocenters. The first kappa shape index (κ1) is 29.3. The number of fused-ring (bicyclic) bond motifs is 1. The number of hydrogen-bond acceptors (Lipinski definition) is 5. The molecule has 1 atom stereocenters. The molecule has 0 aliphatic carbocycles. The first-order valence-corrected chi connectivity index (χ1v) is 15.1. The quantitative estimate of drug-likeness (QED) is 0.274. The molecule has 206 valence electrons. The maximum Gasteiger partial charge on any atom is 0.415 e. The average molecular weight is 550 g/mol. The highest BCUT2D eigenvalue weighted by molar-refractivity contribution is 6.74. The van der Waals surface area contributed by atoms with E-state index in [9.17, 15) is 18.4 Å². The SMILES string of the molecule is CC(C)(C)OC(=O)N1c2cc(F)cc(COC=O)c2C(O[Si](C)(C)C(C)(C)C)=CC1c1ccc(F)cc1F. The van der Waals surface area contributed by atoms with Crippen molar-refractivity contribution in [3.63, 3.8) is 0 Å². The fourth-order valence-corrected chi connectivity index (χ4v) is 4.84. The van der Waals surface area contributed by atoms with Gasteiger partial charge in [0.05, 0.1) is 11.7 Å². The van der Waals surface area contributed by atoms with Crippen LogP contribution in [-0.4, -0.2) is 26.5 Å². The number of hydrogen-bond donors (Lipinski definition) is 0. The number of carbonyl (C=O) groups is 2. The van der Waals surface area contributed by atoms with Crippen molar-refractivity contribution < 1.29 is 36.7 Å². The van der Waals surface area contributed by atoms with Gasteiger partial charge in [-0.25, -0.2) is 18.0 Å². The van der Waals surface area contributed by atoms with E-state index in [2.05, 4.69) is 0 Å². The van der Waals surface area contributed by atoms with Gasteiger partial charge in [0.25, 0.3) is 6.47 Å². The molecule has 0 saturated carbocycles. The highest BCUT2D eigenvalue weighted by atomic mass is 28.4. The summed E-state index contributed by atoms with van der Waals surface area (Å²) in [5, 5.41) is -0.244. The van der Waals surface area contributed by atoms with E-state index in [1.807, 2.05) is 33.9 Å². The van der Waals surface area contributed by atoms with E-state index >= 15 is 4.39 Å². The lowest BCUT2D eigenvalue weighted by Gasteiger charge is -2.42. The number of benzene rings is 2. The summed E-state index contributed by atoms with van der Waals surface area (Å²) in [6.07, 6.45) is 0.675. The van der Waals surface area contributed by atoms with E-state index in [1.54, 1.807) is 26.8 Å². The van der Waals surface area contributed by atoms with Crippen LogP contribution in [0.4, 0.5) is 23.7 Å². The van der Waals surface area contributed by atoms with Gasteiger partial charge in [-0.1, -0.05) is 26.8 Å². The van der Waals surface area contributed by atoms with Gasteiger partial charge in [0.2, 0.25) is 8.32 Å².